The Kier molecular flexibility index (Phi) is 5.69. The predicted molar refractivity (Wildman–Crippen MR) is 92.0 cm³/mol. The molecule has 0 spiro atoms. The van der Waals surface area contributed by atoms with Crippen LogP contribution in [0.4, 0.5) is 5.69 Å². The zero-order valence-electron chi connectivity index (χ0n) is 13.6. The molecule has 24 heavy (non-hydrogen) atoms. The maximum atomic E-state index is 13.0. The van der Waals surface area contributed by atoms with E-state index in [1.807, 2.05) is 44.2 Å². The topological polar surface area (TPSA) is 80.5 Å². The van der Waals surface area contributed by atoms with Crippen molar-refractivity contribution in [1.82, 2.24) is 4.31 Å². The summed E-state index contributed by atoms with van der Waals surface area (Å²) in [6.07, 6.45) is 0.666. The van der Waals surface area contributed by atoms with Crippen molar-refractivity contribution in [2.75, 3.05) is 0 Å². The Morgan fingerprint density at radius 1 is 1.08 bits per heavy atom. The van der Waals surface area contributed by atoms with Gasteiger partial charge in [0.05, 0.1) is 9.82 Å². The fourth-order valence-corrected chi connectivity index (χ4v) is 4.01. The average Bonchev–Trinajstić information content (AvgIpc) is 2.59. The highest BCUT2D eigenvalue weighted by Crippen LogP contribution is 2.24. The van der Waals surface area contributed by atoms with Crippen LogP contribution in [0.1, 0.15) is 25.8 Å². The number of nitrogens with zero attached hydrogens (tertiary/aromatic N) is 2. The van der Waals surface area contributed by atoms with E-state index in [-0.39, 0.29) is 23.2 Å². The van der Waals surface area contributed by atoms with Crippen molar-refractivity contribution in [2.24, 2.45) is 0 Å². The first-order valence-corrected chi connectivity index (χ1v) is 9.10. The van der Waals surface area contributed by atoms with Crippen LogP contribution in [0.5, 0.6) is 0 Å². The van der Waals surface area contributed by atoms with Crippen LogP contribution in [-0.4, -0.2) is 23.7 Å². The van der Waals surface area contributed by atoms with E-state index in [1.54, 1.807) is 0 Å². The van der Waals surface area contributed by atoms with Gasteiger partial charge in [-0.15, -0.1) is 0 Å². The lowest BCUT2D eigenvalue weighted by molar-refractivity contribution is -0.384. The van der Waals surface area contributed by atoms with Crippen LogP contribution in [0, 0.1) is 10.1 Å². The number of nitro benzene ring substituents is 1. The van der Waals surface area contributed by atoms with Crippen LogP contribution in [-0.2, 0) is 16.6 Å². The molecule has 0 heterocycles. The number of rotatable bonds is 7. The van der Waals surface area contributed by atoms with Crippen molar-refractivity contribution in [1.29, 1.82) is 0 Å². The second-order valence-corrected chi connectivity index (χ2v) is 7.43. The summed E-state index contributed by atoms with van der Waals surface area (Å²) in [6, 6.07) is 14.2. The van der Waals surface area contributed by atoms with Crippen LogP contribution in [0.25, 0.3) is 0 Å². The van der Waals surface area contributed by atoms with E-state index in [0.717, 1.165) is 5.56 Å². The smallest absolute Gasteiger partial charge is 0.258 e. The zero-order valence-corrected chi connectivity index (χ0v) is 14.4. The highest BCUT2D eigenvalue weighted by Gasteiger charge is 2.28. The summed E-state index contributed by atoms with van der Waals surface area (Å²) in [4.78, 5) is 10.2. The van der Waals surface area contributed by atoms with Gasteiger partial charge in [-0.1, -0.05) is 37.3 Å². The summed E-state index contributed by atoms with van der Waals surface area (Å²) in [5.41, 5.74) is 0.760. The summed E-state index contributed by atoms with van der Waals surface area (Å²) < 4.78 is 27.4. The van der Waals surface area contributed by atoms with Crippen molar-refractivity contribution in [3.63, 3.8) is 0 Å². The Bertz CT molecular complexity index is 789. The minimum Gasteiger partial charge on any atom is -0.258 e. The molecule has 0 amide bonds. The van der Waals surface area contributed by atoms with E-state index in [2.05, 4.69) is 0 Å². The molecule has 2 rings (SSSR count). The van der Waals surface area contributed by atoms with Gasteiger partial charge in [-0.25, -0.2) is 8.42 Å². The minimum atomic E-state index is -3.74. The molecule has 0 aromatic heterocycles. The molecule has 0 aliphatic rings. The predicted octanol–water partition coefficient (Wildman–Crippen LogP) is 3.58. The molecule has 128 valence electrons. The van der Waals surface area contributed by atoms with Gasteiger partial charge in [0.1, 0.15) is 0 Å². The first kappa shape index (κ1) is 18.1. The lowest BCUT2D eigenvalue weighted by atomic mass is 10.2. The van der Waals surface area contributed by atoms with Crippen molar-refractivity contribution < 1.29 is 13.3 Å². The molecule has 0 bridgehead atoms. The zero-order chi connectivity index (χ0) is 17.7. The Labute approximate surface area is 141 Å². The number of hydrogen-bond acceptors (Lipinski definition) is 4. The highest BCUT2D eigenvalue weighted by molar-refractivity contribution is 7.89. The Morgan fingerprint density at radius 2 is 1.67 bits per heavy atom. The van der Waals surface area contributed by atoms with Gasteiger partial charge < -0.3 is 0 Å². The number of sulfonamides is 1. The van der Waals surface area contributed by atoms with Crippen LogP contribution in [0.2, 0.25) is 0 Å². The second-order valence-electron chi connectivity index (χ2n) is 5.54. The van der Waals surface area contributed by atoms with Crippen molar-refractivity contribution in [2.45, 2.75) is 37.8 Å². The molecule has 0 aliphatic heterocycles. The molecule has 0 N–H and O–H groups in total. The van der Waals surface area contributed by atoms with E-state index in [9.17, 15) is 18.5 Å². The number of hydrogen-bond donors (Lipinski definition) is 0. The standard InChI is InChI=1S/C17H20N2O4S/c1-3-14(2)18(13-15-7-5-4-6-8-15)24(22,23)17-11-9-16(10-12-17)19(20)21/h4-12,14H,3,13H2,1-2H3. The van der Waals surface area contributed by atoms with Gasteiger partial charge in [-0.05, 0) is 31.0 Å². The van der Waals surface area contributed by atoms with E-state index in [4.69, 9.17) is 0 Å². The Balaban J connectivity index is 2.38. The fourth-order valence-electron chi connectivity index (χ4n) is 2.32. The van der Waals surface area contributed by atoms with Gasteiger partial charge in [0.2, 0.25) is 10.0 Å². The fraction of sp³-hybridized carbons (Fsp3) is 0.294. The van der Waals surface area contributed by atoms with Gasteiger partial charge in [0, 0.05) is 24.7 Å². The summed E-state index contributed by atoms with van der Waals surface area (Å²) in [7, 11) is -3.74. The molecule has 2 aromatic carbocycles. The molecule has 0 aliphatic carbocycles. The molecular formula is C17H20N2O4S. The molecular weight excluding hydrogens is 328 g/mol. The number of non-ortho nitro benzene ring substituents is 1. The molecule has 7 heteroatoms. The molecule has 0 saturated heterocycles. The molecule has 2 aromatic rings. The second kappa shape index (κ2) is 7.55. The minimum absolute atomic E-state index is 0.0596. The van der Waals surface area contributed by atoms with E-state index >= 15 is 0 Å². The summed E-state index contributed by atoms with van der Waals surface area (Å²) in [5, 5.41) is 10.7. The van der Waals surface area contributed by atoms with Crippen molar-refractivity contribution >= 4 is 15.7 Å². The van der Waals surface area contributed by atoms with Crippen LogP contribution in [0.15, 0.2) is 59.5 Å². The maximum Gasteiger partial charge on any atom is 0.269 e. The van der Waals surface area contributed by atoms with Crippen molar-refractivity contribution in [3.05, 3.63) is 70.3 Å². The molecule has 6 nitrogen and oxygen atoms in total. The molecule has 0 radical (unpaired) electrons. The molecule has 0 fully saturated rings. The van der Waals surface area contributed by atoms with Gasteiger partial charge in [-0.3, -0.25) is 10.1 Å². The molecule has 0 saturated carbocycles. The van der Waals surface area contributed by atoms with E-state index < -0.39 is 14.9 Å². The quantitative estimate of drug-likeness (QED) is 0.566. The third-order valence-electron chi connectivity index (χ3n) is 3.92. The summed E-state index contributed by atoms with van der Waals surface area (Å²) >= 11 is 0. The van der Waals surface area contributed by atoms with E-state index in [1.165, 1.54) is 28.6 Å². The molecule has 1 atom stereocenters. The van der Waals surface area contributed by atoms with Crippen LogP contribution >= 0.6 is 0 Å². The monoisotopic (exact) mass is 348 g/mol. The largest absolute Gasteiger partial charge is 0.269 e. The van der Waals surface area contributed by atoms with Gasteiger partial charge in [0.15, 0.2) is 0 Å². The van der Waals surface area contributed by atoms with Crippen LogP contribution in [0.3, 0.4) is 0 Å². The third kappa shape index (κ3) is 3.98. The normalized spacial score (nSPS) is 13.0. The first-order chi connectivity index (χ1) is 11.4. The van der Waals surface area contributed by atoms with Crippen molar-refractivity contribution in [3.8, 4) is 0 Å². The Hall–Kier alpha value is -2.25. The van der Waals surface area contributed by atoms with Gasteiger partial charge >= 0.3 is 0 Å². The SMILES string of the molecule is CCC(C)N(Cc1ccccc1)S(=O)(=O)c1ccc([N+](=O)[O-])cc1. The maximum absolute atomic E-state index is 13.0. The number of benzene rings is 2. The first-order valence-electron chi connectivity index (χ1n) is 7.66. The Morgan fingerprint density at radius 3 is 2.17 bits per heavy atom. The van der Waals surface area contributed by atoms with E-state index in [0.29, 0.717) is 6.42 Å². The lowest BCUT2D eigenvalue weighted by Gasteiger charge is -2.27. The summed E-state index contributed by atoms with van der Waals surface area (Å²) in [5.74, 6) is 0. The van der Waals surface area contributed by atoms with Crippen LogP contribution < -0.4 is 0 Å². The average molecular weight is 348 g/mol. The summed E-state index contributed by atoms with van der Waals surface area (Å²) in [6.45, 7) is 4.04. The third-order valence-corrected chi connectivity index (χ3v) is 5.89. The molecule has 1 unspecified atom stereocenters. The number of nitro groups is 1. The highest BCUT2D eigenvalue weighted by atomic mass is 32.2. The lowest BCUT2D eigenvalue weighted by Crippen LogP contribution is -2.37. The van der Waals surface area contributed by atoms with Gasteiger partial charge in [0.25, 0.3) is 5.69 Å². The van der Waals surface area contributed by atoms with Gasteiger partial charge in [-0.2, -0.15) is 4.31 Å².